The molecule has 0 radical (unpaired) electrons. The van der Waals surface area contributed by atoms with Crippen molar-refractivity contribution in [2.75, 3.05) is 5.32 Å². The summed E-state index contributed by atoms with van der Waals surface area (Å²) in [6, 6.07) is 15.6. The minimum absolute atomic E-state index is 0.0203. The molecular formula is C15H11NO3. The zero-order valence-electron chi connectivity index (χ0n) is 9.96. The number of hydrogen-bond acceptors (Lipinski definition) is 3. The van der Waals surface area contributed by atoms with E-state index in [1.54, 1.807) is 30.3 Å². The summed E-state index contributed by atoms with van der Waals surface area (Å²) in [5.74, 6) is -0.158. The van der Waals surface area contributed by atoms with Gasteiger partial charge in [-0.3, -0.25) is 4.79 Å². The summed E-state index contributed by atoms with van der Waals surface area (Å²) in [5.41, 5.74) is 1.01. The van der Waals surface area contributed by atoms with Gasteiger partial charge in [-0.15, -0.1) is 0 Å². The molecule has 0 saturated heterocycles. The number of nitrogens with one attached hydrogen (secondary N) is 1. The summed E-state index contributed by atoms with van der Waals surface area (Å²) in [6.07, 6.45) is 0. The molecule has 0 saturated carbocycles. The lowest BCUT2D eigenvalue weighted by molar-refractivity contribution is 0.0998. The molecule has 4 nitrogen and oxygen atoms in total. The number of benzene rings is 2. The summed E-state index contributed by atoms with van der Waals surface area (Å²) in [6.45, 7) is 0. The van der Waals surface area contributed by atoms with Crippen molar-refractivity contribution in [1.29, 1.82) is 0 Å². The van der Waals surface area contributed by atoms with Crippen molar-refractivity contribution < 1.29 is 14.3 Å². The van der Waals surface area contributed by atoms with Gasteiger partial charge in [-0.25, -0.2) is 0 Å². The Balaban J connectivity index is 1.90. The summed E-state index contributed by atoms with van der Waals surface area (Å²) in [4.78, 5) is 12.0. The number of hydrogen-bond donors (Lipinski definition) is 2. The van der Waals surface area contributed by atoms with Crippen molar-refractivity contribution in [3.63, 3.8) is 0 Å². The molecule has 94 valence electrons. The first kappa shape index (κ1) is 11.3. The number of amides is 1. The highest BCUT2D eigenvalue weighted by molar-refractivity contribution is 6.05. The third kappa shape index (κ3) is 2.15. The van der Waals surface area contributed by atoms with Gasteiger partial charge >= 0.3 is 0 Å². The van der Waals surface area contributed by atoms with Gasteiger partial charge in [-0.05, 0) is 24.3 Å². The minimum Gasteiger partial charge on any atom is -0.506 e. The Bertz CT molecular complexity index is 713. The van der Waals surface area contributed by atoms with E-state index in [2.05, 4.69) is 5.32 Å². The van der Waals surface area contributed by atoms with Gasteiger partial charge in [-0.1, -0.05) is 30.3 Å². The summed E-state index contributed by atoms with van der Waals surface area (Å²) >= 11 is 0. The molecule has 2 N–H and O–H groups in total. The number of phenolic OH excluding ortho intramolecular Hbond substituents is 1. The number of para-hydroxylation sites is 3. The number of aromatic hydroxyl groups is 1. The lowest BCUT2D eigenvalue weighted by Gasteiger charge is -2.04. The number of furan rings is 1. The van der Waals surface area contributed by atoms with Gasteiger partial charge < -0.3 is 14.8 Å². The maximum Gasteiger partial charge on any atom is 0.291 e. The molecule has 1 aromatic heterocycles. The van der Waals surface area contributed by atoms with Crippen LogP contribution in [-0.4, -0.2) is 11.0 Å². The zero-order chi connectivity index (χ0) is 13.2. The van der Waals surface area contributed by atoms with Crippen LogP contribution < -0.4 is 5.32 Å². The highest BCUT2D eigenvalue weighted by Crippen LogP contribution is 2.24. The molecule has 19 heavy (non-hydrogen) atoms. The average molecular weight is 253 g/mol. The highest BCUT2D eigenvalue weighted by Gasteiger charge is 2.13. The summed E-state index contributed by atoms with van der Waals surface area (Å²) < 4.78 is 5.45. The van der Waals surface area contributed by atoms with Crippen molar-refractivity contribution in [3.8, 4) is 5.75 Å². The van der Waals surface area contributed by atoms with Gasteiger partial charge in [-0.2, -0.15) is 0 Å². The molecule has 0 unspecified atom stereocenters. The van der Waals surface area contributed by atoms with Crippen LogP contribution in [0.15, 0.2) is 59.0 Å². The molecule has 1 heterocycles. The Morgan fingerprint density at radius 1 is 1.05 bits per heavy atom. The molecular weight excluding hydrogens is 242 g/mol. The van der Waals surface area contributed by atoms with Gasteiger partial charge in [0.1, 0.15) is 11.3 Å². The summed E-state index contributed by atoms with van der Waals surface area (Å²) in [5, 5.41) is 13.1. The van der Waals surface area contributed by atoms with Crippen LogP contribution in [0.5, 0.6) is 5.75 Å². The number of carbonyl (C=O) groups is 1. The first-order valence-electron chi connectivity index (χ1n) is 5.82. The Morgan fingerprint density at radius 3 is 2.58 bits per heavy atom. The quantitative estimate of drug-likeness (QED) is 0.688. The van der Waals surface area contributed by atoms with E-state index < -0.39 is 5.91 Å². The molecule has 0 bridgehead atoms. The lowest BCUT2D eigenvalue weighted by atomic mass is 10.2. The molecule has 0 fully saturated rings. The van der Waals surface area contributed by atoms with Crippen molar-refractivity contribution in [2.45, 2.75) is 0 Å². The topological polar surface area (TPSA) is 62.5 Å². The molecule has 0 atom stereocenters. The van der Waals surface area contributed by atoms with E-state index in [0.717, 1.165) is 5.39 Å². The zero-order valence-corrected chi connectivity index (χ0v) is 9.96. The predicted molar refractivity (Wildman–Crippen MR) is 72.3 cm³/mol. The fourth-order valence-corrected chi connectivity index (χ4v) is 1.86. The smallest absolute Gasteiger partial charge is 0.291 e. The Labute approximate surface area is 109 Å². The molecule has 2 aromatic carbocycles. The molecule has 4 heteroatoms. The second kappa shape index (κ2) is 4.49. The standard InChI is InChI=1S/C15H11NO3/c17-12-7-3-2-6-11(12)16-15(18)14-9-10-5-1-4-8-13(10)19-14/h1-9,17H,(H,16,18). The third-order valence-electron chi connectivity index (χ3n) is 2.80. The Morgan fingerprint density at radius 2 is 1.79 bits per heavy atom. The third-order valence-corrected chi connectivity index (χ3v) is 2.80. The van der Waals surface area contributed by atoms with E-state index in [-0.39, 0.29) is 11.5 Å². The molecule has 1 amide bonds. The maximum absolute atomic E-state index is 12.0. The van der Waals surface area contributed by atoms with Crippen LogP contribution in [-0.2, 0) is 0 Å². The molecule has 3 aromatic rings. The van der Waals surface area contributed by atoms with Crippen LogP contribution in [0.1, 0.15) is 10.6 Å². The number of carbonyl (C=O) groups excluding carboxylic acids is 1. The van der Waals surface area contributed by atoms with Gasteiger partial charge in [0.05, 0.1) is 5.69 Å². The van der Waals surface area contributed by atoms with Crippen molar-refractivity contribution in [3.05, 3.63) is 60.4 Å². The Kier molecular flexibility index (Phi) is 2.68. The largest absolute Gasteiger partial charge is 0.506 e. The fraction of sp³-hybridized carbons (Fsp3) is 0. The van der Waals surface area contributed by atoms with E-state index >= 15 is 0 Å². The molecule has 0 aliphatic rings. The van der Waals surface area contributed by atoms with Gasteiger partial charge in [0.2, 0.25) is 0 Å². The predicted octanol–water partition coefficient (Wildman–Crippen LogP) is 3.39. The molecule has 0 spiro atoms. The second-order valence-corrected chi connectivity index (χ2v) is 4.12. The van der Waals surface area contributed by atoms with Crippen LogP contribution in [0, 0.1) is 0 Å². The van der Waals surface area contributed by atoms with Crippen molar-refractivity contribution in [1.82, 2.24) is 0 Å². The normalized spacial score (nSPS) is 10.5. The minimum atomic E-state index is -0.391. The second-order valence-electron chi connectivity index (χ2n) is 4.12. The van der Waals surface area contributed by atoms with Crippen molar-refractivity contribution in [2.24, 2.45) is 0 Å². The van der Waals surface area contributed by atoms with Crippen LogP contribution in [0.3, 0.4) is 0 Å². The van der Waals surface area contributed by atoms with Gasteiger partial charge in [0.15, 0.2) is 5.76 Å². The van der Waals surface area contributed by atoms with E-state index in [0.29, 0.717) is 11.3 Å². The molecule has 0 aliphatic heterocycles. The maximum atomic E-state index is 12.0. The van der Waals surface area contributed by atoms with Crippen LogP contribution in [0.25, 0.3) is 11.0 Å². The highest BCUT2D eigenvalue weighted by atomic mass is 16.3. The van der Waals surface area contributed by atoms with E-state index in [1.807, 2.05) is 18.2 Å². The van der Waals surface area contributed by atoms with E-state index in [9.17, 15) is 9.90 Å². The molecule has 0 aliphatic carbocycles. The number of rotatable bonds is 2. The van der Waals surface area contributed by atoms with Crippen LogP contribution in [0.4, 0.5) is 5.69 Å². The van der Waals surface area contributed by atoms with E-state index in [4.69, 9.17) is 4.42 Å². The van der Waals surface area contributed by atoms with Crippen LogP contribution in [0.2, 0.25) is 0 Å². The number of fused-ring (bicyclic) bond motifs is 1. The van der Waals surface area contributed by atoms with Crippen LogP contribution >= 0.6 is 0 Å². The first-order valence-corrected chi connectivity index (χ1v) is 5.82. The van der Waals surface area contributed by atoms with Crippen molar-refractivity contribution >= 4 is 22.6 Å². The lowest BCUT2D eigenvalue weighted by Crippen LogP contribution is -2.10. The number of anilines is 1. The Hall–Kier alpha value is -2.75. The average Bonchev–Trinajstić information content (AvgIpc) is 2.85. The fourth-order valence-electron chi connectivity index (χ4n) is 1.86. The monoisotopic (exact) mass is 253 g/mol. The van der Waals surface area contributed by atoms with Gasteiger partial charge in [0, 0.05) is 5.39 Å². The first-order chi connectivity index (χ1) is 9.24. The summed E-state index contributed by atoms with van der Waals surface area (Å²) in [7, 11) is 0. The SMILES string of the molecule is O=C(Nc1ccccc1O)c1cc2ccccc2o1. The molecule has 3 rings (SSSR count). The van der Waals surface area contributed by atoms with E-state index in [1.165, 1.54) is 6.07 Å². The van der Waals surface area contributed by atoms with Gasteiger partial charge in [0.25, 0.3) is 5.91 Å². The number of phenols is 1.